The van der Waals surface area contributed by atoms with Crippen LogP contribution in [0.3, 0.4) is 0 Å². The number of alkyl halides is 3. The number of carbonyl (C=O) groups is 1. The molecule has 29 heavy (non-hydrogen) atoms. The summed E-state index contributed by atoms with van der Waals surface area (Å²) in [4.78, 5) is 15.1. The maximum atomic E-state index is 13.8. The van der Waals surface area contributed by atoms with E-state index in [4.69, 9.17) is 0 Å². The van der Waals surface area contributed by atoms with Crippen LogP contribution < -0.4 is 5.32 Å². The Kier molecular flexibility index (Phi) is 4.68. The number of hydrogen-bond acceptors (Lipinski definition) is 3. The Morgan fingerprint density at radius 1 is 1.28 bits per heavy atom. The number of nitrogens with zero attached hydrogens (tertiary/aromatic N) is 2. The Bertz CT molecular complexity index is 1070. The van der Waals surface area contributed by atoms with E-state index in [-0.39, 0.29) is 12.6 Å². The Morgan fingerprint density at radius 3 is 2.72 bits per heavy atom. The number of halogens is 4. The lowest BCUT2D eigenvalue weighted by Crippen LogP contribution is -2.28. The Labute approximate surface area is 163 Å². The number of aromatic nitrogens is 2. The number of fused-ring (bicyclic) bond motifs is 3. The number of hydrogen-bond donors (Lipinski definition) is 2. The first kappa shape index (κ1) is 19.2. The van der Waals surface area contributed by atoms with Gasteiger partial charge < -0.3 is 15.0 Å². The fraction of sp³-hybridized carbons (Fsp3) is 0.300. The van der Waals surface area contributed by atoms with E-state index >= 15 is 0 Å². The van der Waals surface area contributed by atoms with Crippen molar-refractivity contribution in [1.29, 1.82) is 0 Å². The molecule has 0 spiro atoms. The molecular formula is C20H17F4N3O2. The van der Waals surface area contributed by atoms with Gasteiger partial charge in [-0.3, -0.25) is 4.79 Å². The van der Waals surface area contributed by atoms with Gasteiger partial charge in [-0.15, -0.1) is 0 Å². The summed E-state index contributed by atoms with van der Waals surface area (Å²) in [6.45, 7) is -0.212. The first-order valence-electron chi connectivity index (χ1n) is 9.03. The number of aliphatic carboxylic acids is 1. The van der Waals surface area contributed by atoms with Crippen molar-refractivity contribution in [2.75, 3.05) is 5.32 Å². The van der Waals surface area contributed by atoms with Crippen molar-refractivity contribution in [3.63, 3.8) is 0 Å². The van der Waals surface area contributed by atoms with Crippen LogP contribution in [0, 0.1) is 5.82 Å². The zero-order chi connectivity index (χ0) is 20.8. The lowest BCUT2D eigenvalue weighted by molar-refractivity contribution is -0.138. The predicted molar refractivity (Wildman–Crippen MR) is 98.2 cm³/mol. The van der Waals surface area contributed by atoms with E-state index in [1.807, 2.05) is 0 Å². The molecule has 1 aliphatic rings. The van der Waals surface area contributed by atoms with Crippen molar-refractivity contribution >= 4 is 22.7 Å². The van der Waals surface area contributed by atoms with Crippen LogP contribution in [0.5, 0.6) is 0 Å². The number of pyridine rings is 1. The molecule has 2 heterocycles. The molecule has 0 saturated carbocycles. The molecule has 1 unspecified atom stereocenters. The largest absolute Gasteiger partial charge is 0.480 e. The van der Waals surface area contributed by atoms with Gasteiger partial charge in [0.2, 0.25) is 0 Å². The molecule has 4 rings (SSSR count). The maximum absolute atomic E-state index is 13.8. The van der Waals surface area contributed by atoms with Crippen LogP contribution in [0.25, 0.3) is 10.9 Å². The monoisotopic (exact) mass is 407 g/mol. The van der Waals surface area contributed by atoms with Crippen LogP contribution in [0.2, 0.25) is 0 Å². The third-order valence-electron chi connectivity index (χ3n) is 5.16. The molecule has 0 aliphatic heterocycles. The van der Waals surface area contributed by atoms with Crippen LogP contribution in [0.15, 0.2) is 36.5 Å². The second-order valence-electron chi connectivity index (χ2n) is 7.08. The van der Waals surface area contributed by atoms with Crippen LogP contribution >= 0.6 is 0 Å². The zero-order valence-electron chi connectivity index (χ0n) is 15.1. The summed E-state index contributed by atoms with van der Waals surface area (Å²) in [5.41, 5.74) is 1.55. The second kappa shape index (κ2) is 7.06. The number of anilines is 1. The number of benzene rings is 1. The molecule has 2 aromatic heterocycles. The van der Waals surface area contributed by atoms with Gasteiger partial charge in [-0.1, -0.05) is 0 Å². The van der Waals surface area contributed by atoms with Crippen molar-refractivity contribution in [2.24, 2.45) is 0 Å². The predicted octanol–water partition coefficient (Wildman–Crippen LogP) is 4.25. The second-order valence-corrected chi connectivity index (χ2v) is 7.08. The van der Waals surface area contributed by atoms with Gasteiger partial charge in [0, 0.05) is 28.8 Å². The fourth-order valence-electron chi connectivity index (χ4n) is 3.92. The van der Waals surface area contributed by atoms with E-state index in [1.165, 1.54) is 18.2 Å². The van der Waals surface area contributed by atoms with Gasteiger partial charge in [-0.05, 0) is 55.2 Å². The minimum absolute atomic E-state index is 0.112. The van der Waals surface area contributed by atoms with Crippen molar-refractivity contribution in [3.8, 4) is 0 Å². The molecule has 1 aliphatic carbocycles. The summed E-state index contributed by atoms with van der Waals surface area (Å²) in [7, 11) is 0. The molecule has 3 aromatic rings. The van der Waals surface area contributed by atoms with Crippen LogP contribution in [0.1, 0.15) is 23.2 Å². The molecule has 5 nitrogen and oxygen atoms in total. The van der Waals surface area contributed by atoms with Gasteiger partial charge in [0.25, 0.3) is 0 Å². The van der Waals surface area contributed by atoms with Crippen LogP contribution in [-0.4, -0.2) is 26.7 Å². The summed E-state index contributed by atoms with van der Waals surface area (Å²) in [6, 6.07) is 6.41. The van der Waals surface area contributed by atoms with Gasteiger partial charge in [0.05, 0.1) is 5.56 Å². The van der Waals surface area contributed by atoms with Crippen molar-refractivity contribution < 1.29 is 27.5 Å². The van der Waals surface area contributed by atoms with E-state index in [2.05, 4.69) is 10.3 Å². The van der Waals surface area contributed by atoms with Crippen LogP contribution in [0.4, 0.5) is 23.4 Å². The SMILES string of the molecule is O=C(O)Cn1c2c(c3cc(F)ccc31)CC(Nc1ccc(C(F)(F)F)cn1)CC2. The van der Waals surface area contributed by atoms with Crippen LogP contribution in [-0.2, 0) is 30.4 Å². The van der Waals surface area contributed by atoms with E-state index in [0.29, 0.717) is 36.0 Å². The molecular weight excluding hydrogens is 390 g/mol. The van der Waals surface area contributed by atoms with Gasteiger partial charge in [0.15, 0.2) is 0 Å². The molecule has 0 amide bonds. The summed E-state index contributed by atoms with van der Waals surface area (Å²) in [6.07, 6.45) is -1.96. The van der Waals surface area contributed by atoms with E-state index in [9.17, 15) is 27.5 Å². The molecule has 0 bridgehead atoms. The van der Waals surface area contributed by atoms with Gasteiger partial charge in [-0.25, -0.2) is 9.37 Å². The average molecular weight is 407 g/mol. The molecule has 0 radical (unpaired) electrons. The number of rotatable bonds is 4. The molecule has 1 atom stereocenters. The number of carboxylic acids is 1. The van der Waals surface area contributed by atoms with E-state index in [0.717, 1.165) is 23.5 Å². The normalized spacial score (nSPS) is 16.6. The van der Waals surface area contributed by atoms with E-state index < -0.39 is 23.5 Å². The fourth-order valence-corrected chi connectivity index (χ4v) is 3.92. The molecule has 152 valence electrons. The summed E-state index contributed by atoms with van der Waals surface area (Å²) in [5, 5.41) is 13.0. The summed E-state index contributed by atoms with van der Waals surface area (Å²) in [5.74, 6) is -1.07. The van der Waals surface area contributed by atoms with Crippen molar-refractivity contribution in [2.45, 2.75) is 38.0 Å². The minimum atomic E-state index is -4.44. The quantitative estimate of drug-likeness (QED) is 0.635. The highest BCUT2D eigenvalue weighted by atomic mass is 19.4. The third-order valence-corrected chi connectivity index (χ3v) is 5.16. The third kappa shape index (κ3) is 3.76. The van der Waals surface area contributed by atoms with Crippen molar-refractivity contribution in [3.05, 3.63) is 59.2 Å². The van der Waals surface area contributed by atoms with E-state index in [1.54, 1.807) is 10.6 Å². The van der Waals surface area contributed by atoms with Gasteiger partial charge >= 0.3 is 12.1 Å². The first-order valence-corrected chi connectivity index (χ1v) is 9.03. The number of nitrogens with one attached hydrogen (secondary N) is 1. The molecule has 0 fully saturated rings. The maximum Gasteiger partial charge on any atom is 0.417 e. The topological polar surface area (TPSA) is 67.2 Å². The summed E-state index contributed by atoms with van der Waals surface area (Å²) >= 11 is 0. The molecule has 1 aromatic carbocycles. The molecule has 0 saturated heterocycles. The van der Waals surface area contributed by atoms with Crippen molar-refractivity contribution in [1.82, 2.24) is 9.55 Å². The highest BCUT2D eigenvalue weighted by Crippen LogP contribution is 2.34. The first-order chi connectivity index (χ1) is 13.7. The average Bonchev–Trinajstić information content (AvgIpc) is 2.94. The lowest BCUT2D eigenvalue weighted by atomic mass is 9.91. The Hall–Kier alpha value is -3.10. The minimum Gasteiger partial charge on any atom is -0.480 e. The molecule has 9 heteroatoms. The lowest BCUT2D eigenvalue weighted by Gasteiger charge is -2.25. The van der Waals surface area contributed by atoms with Gasteiger partial charge in [-0.2, -0.15) is 13.2 Å². The standard InChI is InChI=1S/C20H17F4N3O2/c21-12-2-4-16-14(7-12)15-8-13(3-5-17(15)27(16)10-19(28)29)26-18-6-1-11(9-25-18)20(22,23)24/h1-2,4,6-7,9,13H,3,5,8,10H2,(H,25,26)(H,28,29). The highest BCUT2D eigenvalue weighted by molar-refractivity contribution is 5.87. The summed E-state index contributed by atoms with van der Waals surface area (Å²) < 4.78 is 53.6. The Morgan fingerprint density at radius 2 is 2.07 bits per heavy atom. The highest BCUT2D eigenvalue weighted by Gasteiger charge is 2.31. The van der Waals surface area contributed by atoms with Gasteiger partial charge in [0.1, 0.15) is 18.2 Å². The zero-order valence-corrected chi connectivity index (χ0v) is 15.1. The molecule has 2 N–H and O–H groups in total. The Balaban J connectivity index is 1.62. The smallest absolute Gasteiger partial charge is 0.417 e. The number of carboxylic acid groups (broad SMARTS) is 1.